The molecule has 0 aromatic heterocycles. The number of carbonyl (C=O) groups excluding carboxylic acids is 2. The minimum absolute atomic E-state index is 0.000726. The number of rotatable bonds is 12. The van der Waals surface area contributed by atoms with Gasteiger partial charge in [-0.05, 0) is 117 Å². The fourth-order valence-electron chi connectivity index (χ4n) is 5.05. The Kier molecular flexibility index (Phi) is 9.83. The Bertz CT molecular complexity index is 1530. The molecule has 0 saturated carbocycles. The van der Waals surface area contributed by atoms with E-state index in [1.54, 1.807) is 55.6 Å². The van der Waals surface area contributed by atoms with Gasteiger partial charge >= 0.3 is 5.97 Å². The van der Waals surface area contributed by atoms with E-state index in [0.29, 0.717) is 34.4 Å². The highest BCUT2D eigenvalue weighted by Gasteiger charge is 2.34. The van der Waals surface area contributed by atoms with Crippen LogP contribution in [0.5, 0.6) is 23.0 Å². The molecular weight excluding hydrogens is 561 g/mol. The summed E-state index contributed by atoms with van der Waals surface area (Å²) in [5.74, 6) is 2.17. The number of Topliss-reactive ketones (excluding diaryl/α,β-unsaturated/α-hetero) is 1. The van der Waals surface area contributed by atoms with Crippen LogP contribution in [0.15, 0.2) is 97.1 Å². The summed E-state index contributed by atoms with van der Waals surface area (Å²) in [5, 5.41) is 0. The topological polar surface area (TPSA) is 71.1 Å². The fourth-order valence-corrected chi connectivity index (χ4v) is 14.0. The van der Waals surface area contributed by atoms with Crippen LogP contribution in [-0.2, 0) is 16.2 Å². The molecule has 0 N–H and O–H groups in total. The van der Waals surface area contributed by atoms with E-state index in [1.807, 2.05) is 42.5 Å². The molecule has 0 unspecified atom stereocenters. The monoisotopic (exact) mass is 598 g/mol. The molecule has 42 heavy (non-hydrogen) atoms. The molecule has 0 heterocycles. The predicted molar refractivity (Wildman–Crippen MR) is 171 cm³/mol. The molecule has 0 radical (unpaired) electrons. The molecule has 4 aromatic carbocycles. The van der Waals surface area contributed by atoms with Crippen molar-refractivity contribution in [2.75, 3.05) is 7.11 Å². The minimum atomic E-state index is -2.18. The zero-order valence-electron chi connectivity index (χ0n) is 25.1. The summed E-state index contributed by atoms with van der Waals surface area (Å²) in [7, 11) is -2.56. The third kappa shape index (κ3) is 8.51. The maximum Gasteiger partial charge on any atom is 0.343 e. The van der Waals surface area contributed by atoms with Crippen molar-refractivity contribution in [3.05, 3.63) is 119 Å². The number of methoxy groups -OCH3 is 1. The zero-order chi connectivity index (χ0) is 30.3. The van der Waals surface area contributed by atoms with E-state index >= 15 is 0 Å². The average Bonchev–Trinajstić information content (AvgIpc) is 2.94. The third-order valence-corrected chi connectivity index (χ3v) is 13.6. The number of ether oxygens (including phenoxy) is 3. The maximum atomic E-state index is 13.1. The van der Waals surface area contributed by atoms with Gasteiger partial charge in [0, 0.05) is 5.56 Å². The zero-order valence-corrected chi connectivity index (χ0v) is 27.1. The van der Waals surface area contributed by atoms with Crippen LogP contribution in [0.3, 0.4) is 0 Å². The second kappa shape index (κ2) is 13.3. The summed E-state index contributed by atoms with van der Waals surface area (Å²) in [6.07, 6.45) is 0. The Hall–Kier alpha value is -3.99. The number of benzene rings is 4. The SMILES string of the molecule is COc1ccccc1C[Si](C)(C)O[Si](C)(C)Cc1ccccc1OC(=O)c1ccc(Oc2ccc(C(C)=O)cc2)cc1. The van der Waals surface area contributed by atoms with Crippen LogP contribution in [-0.4, -0.2) is 35.5 Å². The summed E-state index contributed by atoms with van der Waals surface area (Å²) in [6.45, 7) is 10.4. The molecule has 0 aliphatic carbocycles. The second-order valence-electron chi connectivity index (χ2n) is 11.5. The molecule has 0 saturated heterocycles. The first-order valence-electron chi connectivity index (χ1n) is 14.0. The van der Waals surface area contributed by atoms with E-state index < -0.39 is 22.6 Å². The standard InChI is InChI=1S/C34H38O6Si2/c1-25(35)26-15-19-30(20-16-26)38-31-21-17-27(18-22-31)34(36)39-33-14-10-8-12-29(33)24-42(5,6)40-41(3,4)23-28-11-7-9-13-32(28)37-2/h7-22H,23-24H2,1-6H3. The number of ketones is 1. The molecule has 0 spiro atoms. The first-order chi connectivity index (χ1) is 19.9. The highest BCUT2D eigenvalue weighted by atomic mass is 28.4. The molecule has 0 amide bonds. The van der Waals surface area contributed by atoms with E-state index in [0.717, 1.165) is 22.9 Å². The summed E-state index contributed by atoms with van der Waals surface area (Å²) >= 11 is 0. The average molecular weight is 599 g/mol. The maximum absolute atomic E-state index is 13.1. The molecule has 0 atom stereocenters. The van der Waals surface area contributed by atoms with Gasteiger partial charge < -0.3 is 18.3 Å². The highest BCUT2D eigenvalue weighted by molar-refractivity contribution is 6.84. The van der Waals surface area contributed by atoms with Crippen LogP contribution in [0.25, 0.3) is 0 Å². The van der Waals surface area contributed by atoms with Crippen LogP contribution < -0.4 is 14.2 Å². The van der Waals surface area contributed by atoms with Crippen LogP contribution in [0.4, 0.5) is 0 Å². The van der Waals surface area contributed by atoms with Gasteiger partial charge in [-0.15, -0.1) is 0 Å². The third-order valence-electron chi connectivity index (χ3n) is 6.74. The molecule has 4 rings (SSSR count). The largest absolute Gasteiger partial charge is 0.496 e. The Labute approximate surface area is 250 Å². The van der Waals surface area contributed by atoms with E-state index in [2.05, 4.69) is 32.3 Å². The first-order valence-corrected chi connectivity index (χ1v) is 20.2. The van der Waals surface area contributed by atoms with Crippen molar-refractivity contribution in [3.8, 4) is 23.0 Å². The van der Waals surface area contributed by atoms with Crippen molar-refractivity contribution >= 4 is 28.4 Å². The van der Waals surface area contributed by atoms with E-state index in [1.165, 1.54) is 6.92 Å². The Morgan fingerprint density at radius 2 is 1.07 bits per heavy atom. The Morgan fingerprint density at radius 1 is 0.619 bits per heavy atom. The molecule has 0 aliphatic rings. The molecule has 6 nitrogen and oxygen atoms in total. The molecule has 4 aromatic rings. The van der Waals surface area contributed by atoms with Crippen molar-refractivity contribution in [1.29, 1.82) is 0 Å². The van der Waals surface area contributed by atoms with Gasteiger partial charge in [0.05, 0.1) is 12.7 Å². The van der Waals surface area contributed by atoms with Crippen molar-refractivity contribution in [2.45, 2.75) is 45.2 Å². The quantitative estimate of drug-likeness (QED) is 0.0709. The van der Waals surface area contributed by atoms with Gasteiger partial charge in [-0.3, -0.25) is 4.79 Å². The normalized spacial score (nSPS) is 11.6. The van der Waals surface area contributed by atoms with Crippen molar-refractivity contribution < 1.29 is 27.9 Å². The predicted octanol–water partition coefficient (Wildman–Crippen LogP) is 8.20. The molecule has 0 bridgehead atoms. The van der Waals surface area contributed by atoms with E-state index in [-0.39, 0.29) is 5.78 Å². The summed E-state index contributed by atoms with van der Waals surface area (Å²) in [4.78, 5) is 24.6. The summed E-state index contributed by atoms with van der Waals surface area (Å²) in [6, 6.07) is 31.1. The van der Waals surface area contributed by atoms with Crippen LogP contribution in [0.2, 0.25) is 26.2 Å². The lowest BCUT2D eigenvalue weighted by atomic mass is 10.1. The summed E-state index contributed by atoms with van der Waals surface area (Å²) in [5.41, 5.74) is 3.16. The van der Waals surface area contributed by atoms with Crippen LogP contribution >= 0.6 is 0 Å². The number of hydrogen-bond acceptors (Lipinski definition) is 6. The van der Waals surface area contributed by atoms with Gasteiger partial charge in [-0.25, -0.2) is 4.79 Å². The lowest BCUT2D eigenvalue weighted by Gasteiger charge is -2.34. The number of hydrogen-bond donors (Lipinski definition) is 0. The van der Waals surface area contributed by atoms with Gasteiger partial charge in [0.1, 0.15) is 23.0 Å². The Morgan fingerprint density at radius 3 is 1.57 bits per heavy atom. The molecule has 0 fully saturated rings. The lowest BCUT2D eigenvalue weighted by Crippen LogP contribution is -2.47. The molecular formula is C34H38O6Si2. The van der Waals surface area contributed by atoms with Crippen molar-refractivity contribution in [2.24, 2.45) is 0 Å². The van der Waals surface area contributed by atoms with E-state index in [4.69, 9.17) is 18.3 Å². The van der Waals surface area contributed by atoms with E-state index in [9.17, 15) is 9.59 Å². The molecule has 0 aliphatic heterocycles. The highest BCUT2D eigenvalue weighted by Crippen LogP contribution is 2.29. The summed E-state index contributed by atoms with van der Waals surface area (Å²) < 4.78 is 24.2. The van der Waals surface area contributed by atoms with Crippen molar-refractivity contribution in [1.82, 2.24) is 0 Å². The van der Waals surface area contributed by atoms with Crippen LogP contribution in [0.1, 0.15) is 38.8 Å². The fraction of sp³-hybridized carbons (Fsp3) is 0.235. The smallest absolute Gasteiger partial charge is 0.343 e. The number of para-hydroxylation sites is 2. The lowest BCUT2D eigenvalue weighted by molar-refractivity contribution is 0.0733. The Balaban J connectivity index is 1.40. The van der Waals surface area contributed by atoms with Gasteiger partial charge in [0.2, 0.25) is 0 Å². The second-order valence-corrected chi connectivity index (χ2v) is 20.1. The first kappa shape index (κ1) is 31.0. The number of esters is 1. The molecule has 218 valence electrons. The van der Waals surface area contributed by atoms with Gasteiger partial charge in [-0.2, -0.15) is 0 Å². The molecule has 8 heteroatoms. The minimum Gasteiger partial charge on any atom is -0.496 e. The van der Waals surface area contributed by atoms with Gasteiger partial charge in [0.15, 0.2) is 22.4 Å². The number of carbonyl (C=O) groups is 2. The van der Waals surface area contributed by atoms with Gasteiger partial charge in [0.25, 0.3) is 0 Å². The van der Waals surface area contributed by atoms with Crippen LogP contribution in [0, 0.1) is 0 Å². The van der Waals surface area contributed by atoms with Gasteiger partial charge in [-0.1, -0.05) is 36.4 Å². The van der Waals surface area contributed by atoms with Crippen molar-refractivity contribution in [3.63, 3.8) is 0 Å².